The highest BCUT2D eigenvalue weighted by Gasteiger charge is 2.52. The standard InChI is InChI=1S/C16H29N3O3/c1-4-14(20)19-13(15(21)17-10-11-18(2)3)12-22-16(19)8-6-5-7-9-16/h13H,4-12H2,1-3H3,(H,17,21)/p+1/t13-/m1/s1. The van der Waals surface area contributed by atoms with Gasteiger partial charge in [0, 0.05) is 6.42 Å². The van der Waals surface area contributed by atoms with Crippen molar-refractivity contribution in [2.45, 2.75) is 57.2 Å². The summed E-state index contributed by atoms with van der Waals surface area (Å²) in [6, 6.07) is -0.470. The van der Waals surface area contributed by atoms with E-state index in [-0.39, 0.29) is 11.8 Å². The van der Waals surface area contributed by atoms with Crippen molar-refractivity contribution in [3.05, 3.63) is 0 Å². The van der Waals surface area contributed by atoms with Gasteiger partial charge in [-0.1, -0.05) is 13.3 Å². The first-order chi connectivity index (χ1) is 10.5. The van der Waals surface area contributed by atoms with Gasteiger partial charge in [0.25, 0.3) is 0 Å². The second kappa shape index (κ2) is 7.42. The number of ether oxygens (including phenoxy) is 1. The van der Waals surface area contributed by atoms with Crippen molar-refractivity contribution in [1.29, 1.82) is 0 Å². The molecule has 1 saturated carbocycles. The molecule has 1 spiro atoms. The lowest BCUT2D eigenvalue weighted by atomic mass is 9.90. The van der Waals surface area contributed by atoms with Crippen LogP contribution in [-0.4, -0.2) is 62.3 Å². The fourth-order valence-electron chi connectivity index (χ4n) is 3.47. The number of rotatable bonds is 5. The number of nitrogens with zero attached hydrogens (tertiary/aromatic N) is 1. The molecule has 0 bridgehead atoms. The van der Waals surface area contributed by atoms with Crippen molar-refractivity contribution in [2.75, 3.05) is 33.8 Å². The average Bonchev–Trinajstić information content (AvgIpc) is 2.85. The number of carbonyl (C=O) groups excluding carboxylic acids is 2. The van der Waals surface area contributed by atoms with E-state index in [9.17, 15) is 9.59 Å². The first-order valence-corrected chi connectivity index (χ1v) is 8.53. The Kier molecular flexibility index (Phi) is 5.81. The number of carbonyl (C=O) groups is 2. The van der Waals surface area contributed by atoms with E-state index in [0.29, 0.717) is 19.6 Å². The maximum absolute atomic E-state index is 12.5. The number of quaternary nitrogens is 1. The maximum Gasteiger partial charge on any atom is 0.245 e. The quantitative estimate of drug-likeness (QED) is 0.722. The van der Waals surface area contributed by atoms with Gasteiger partial charge < -0.3 is 15.0 Å². The molecule has 1 aliphatic heterocycles. The molecule has 2 fully saturated rings. The van der Waals surface area contributed by atoms with Crippen molar-refractivity contribution in [1.82, 2.24) is 10.2 Å². The van der Waals surface area contributed by atoms with Gasteiger partial charge in [-0.05, 0) is 25.7 Å². The Morgan fingerprint density at radius 3 is 2.55 bits per heavy atom. The van der Waals surface area contributed by atoms with E-state index in [2.05, 4.69) is 19.4 Å². The molecule has 2 aliphatic rings. The second-order valence-corrected chi connectivity index (χ2v) is 6.70. The summed E-state index contributed by atoms with van der Waals surface area (Å²) in [4.78, 5) is 28.0. The van der Waals surface area contributed by atoms with E-state index < -0.39 is 11.8 Å². The lowest BCUT2D eigenvalue weighted by molar-refractivity contribution is -0.856. The number of nitrogens with one attached hydrogen (secondary N) is 2. The molecule has 2 N–H and O–H groups in total. The number of hydrogen-bond donors (Lipinski definition) is 2. The summed E-state index contributed by atoms with van der Waals surface area (Å²) < 4.78 is 6.02. The molecule has 0 aromatic rings. The third kappa shape index (κ3) is 3.60. The van der Waals surface area contributed by atoms with Gasteiger partial charge in [0.15, 0.2) is 0 Å². The highest BCUT2D eigenvalue weighted by molar-refractivity contribution is 5.88. The molecule has 0 radical (unpaired) electrons. The first-order valence-electron chi connectivity index (χ1n) is 8.53. The molecule has 0 aromatic heterocycles. The molecular weight excluding hydrogens is 282 g/mol. The van der Waals surface area contributed by atoms with Crippen molar-refractivity contribution in [3.8, 4) is 0 Å². The normalized spacial score (nSPS) is 24.0. The van der Waals surface area contributed by atoms with Crippen LogP contribution < -0.4 is 10.2 Å². The van der Waals surface area contributed by atoms with Gasteiger partial charge in [-0.2, -0.15) is 0 Å². The van der Waals surface area contributed by atoms with Crippen LogP contribution in [0.3, 0.4) is 0 Å². The second-order valence-electron chi connectivity index (χ2n) is 6.70. The van der Waals surface area contributed by atoms with Gasteiger partial charge in [-0.3, -0.25) is 14.5 Å². The van der Waals surface area contributed by atoms with Crippen molar-refractivity contribution in [2.24, 2.45) is 0 Å². The third-order valence-corrected chi connectivity index (χ3v) is 4.69. The fraction of sp³-hybridized carbons (Fsp3) is 0.875. The monoisotopic (exact) mass is 312 g/mol. The maximum atomic E-state index is 12.5. The Balaban J connectivity index is 2.06. The summed E-state index contributed by atoms with van der Waals surface area (Å²) in [5.41, 5.74) is -0.528. The van der Waals surface area contributed by atoms with Gasteiger partial charge in [0.05, 0.1) is 33.8 Å². The molecule has 1 atom stereocenters. The molecule has 6 heteroatoms. The van der Waals surface area contributed by atoms with Gasteiger partial charge in [0.1, 0.15) is 11.8 Å². The molecule has 1 aliphatic carbocycles. The smallest absolute Gasteiger partial charge is 0.245 e. The van der Waals surface area contributed by atoms with Crippen LogP contribution in [0.5, 0.6) is 0 Å². The van der Waals surface area contributed by atoms with Gasteiger partial charge in [-0.15, -0.1) is 0 Å². The molecule has 126 valence electrons. The zero-order valence-corrected chi connectivity index (χ0v) is 14.1. The topological polar surface area (TPSA) is 63.1 Å². The summed E-state index contributed by atoms with van der Waals surface area (Å²) >= 11 is 0. The Morgan fingerprint density at radius 1 is 1.27 bits per heavy atom. The van der Waals surface area contributed by atoms with E-state index in [1.807, 2.05) is 6.92 Å². The van der Waals surface area contributed by atoms with Gasteiger partial charge >= 0.3 is 0 Å². The largest absolute Gasteiger partial charge is 0.353 e. The number of hydrogen-bond acceptors (Lipinski definition) is 3. The highest BCUT2D eigenvalue weighted by Crippen LogP contribution is 2.40. The molecule has 1 heterocycles. The summed E-state index contributed by atoms with van der Waals surface area (Å²) in [7, 11) is 4.10. The Labute approximate surface area is 133 Å². The zero-order chi connectivity index (χ0) is 16.2. The number of likely N-dealkylation sites (N-methyl/N-ethyl adjacent to an activating group) is 1. The molecule has 2 rings (SSSR count). The minimum Gasteiger partial charge on any atom is -0.353 e. The van der Waals surface area contributed by atoms with Crippen molar-refractivity contribution < 1.29 is 19.2 Å². The zero-order valence-electron chi connectivity index (χ0n) is 14.1. The van der Waals surface area contributed by atoms with Crippen LogP contribution in [0, 0.1) is 0 Å². The summed E-state index contributed by atoms with van der Waals surface area (Å²) in [6.07, 6.45) is 5.42. The molecule has 22 heavy (non-hydrogen) atoms. The molecule has 6 nitrogen and oxygen atoms in total. The lowest BCUT2D eigenvalue weighted by Crippen LogP contribution is -3.06. The Bertz CT molecular complexity index is 405. The fourth-order valence-corrected chi connectivity index (χ4v) is 3.47. The van der Waals surface area contributed by atoms with E-state index in [0.717, 1.165) is 32.2 Å². The Hall–Kier alpha value is -1.14. The predicted molar refractivity (Wildman–Crippen MR) is 83.4 cm³/mol. The average molecular weight is 312 g/mol. The van der Waals surface area contributed by atoms with Crippen LogP contribution in [0.15, 0.2) is 0 Å². The van der Waals surface area contributed by atoms with E-state index in [1.165, 1.54) is 11.3 Å². The van der Waals surface area contributed by atoms with Crippen LogP contribution in [-0.2, 0) is 14.3 Å². The van der Waals surface area contributed by atoms with Crippen LogP contribution in [0.1, 0.15) is 45.4 Å². The molecule has 2 amide bonds. The summed E-state index contributed by atoms with van der Waals surface area (Å²) in [5.74, 6) is -0.0525. The summed E-state index contributed by atoms with van der Waals surface area (Å²) in [5, 5.41) is 2.95. The highest BCUT2D eigenvalue weighted by atomic mass is 16.5. The molecule has 0 aromatic carbocycles. The van der Waals surface area contributed by atoms with Gasteiger partial charge in [-0.25, -0.2) is 0 Å². The predicted octanol–water partition coefficient (Wildman–Crippen LogP) is -0.455. The Morgan fingerprint density at radius 2 is 1.95 bits per heavy atom. The van der Waals surface area contributed by atoms with Crippen LogP contribution in [0.4, 0.5) is 0 Å². The SMILES string of the molecule is CCC(=O)N1[C@@H](C(=O)NCC[NH+](C)C)COC12CCCCC2. The van der Waals surface area contributed by atoms with Crippen molar-refractivity contribution >= 4 is 11.8 Å². The van der Waals surface area contributed by atoms with E-state index in [4.69, 9.17) is 4.74 Å². The molecule has 1 saturated heterocycles. The number of amides is 2. The lowest BCUT2D eigenvalue weighted by Gasteiger charge is -2.41. The van der Waals surface area contributed by atoms with Crippen LogP contribution in [0.25, 0.3) is 0 Å². The molecule has 0 unspecified atom stereocenters. The van der Waals surface area contributed by atoms with Gasteiger partial charge in [0.2, 0.25) is 11.8 Å². The summed E-state index contributed by atoms with van der Waals surface area (Å²) in [6.45, 7) is 3.67. The van der Waals surface area contributed by atoms with Crippen LogP contribution >= 0.6 is 0 Å². The minimum absolute atomic E-state index is 0.0257. The van der Waals surface area contributed by atoms with E-state index in [1.54, 1.807) is 4.90 Å². The van der Waals surface area contributed by atoms with Crippen molar-refractivity contribution in [3.63, 3.8) is 0 Å². The molecular formula is C16H30N3O3+. The first kappa shape index (κ1) is 17.2. The minimum atomic E-state index is -0.528. The van der Waals surface area contributed by atoms with Crippen LogP contribution in [0.2, 0.25) is 0 Å². The third-order valence-electron chi connectivity index (χ3n) is 4.69. The van der Waals surface area contributed by atoms with E-state index >= 15 is 0 Å².